The van der Waals surface area contributed by atoms with E-state index in [4.69, 9.17) is 5.11 Å². The molecule has 0 rings (SSSR count). The smallest absolute Gasteiger partial charge is 0.0621 e. The first-order valence-electron chi connectivity index (χ1n) is 2.85. The molecule has 0 aromatic rings. The van der Waals surface area contributed by atoms with Gasteiger partial charge < -0.3 is 5.11 Å². The number of rotatable bonds is 1. The maximum atomic E-state index is 8.70. The highest BCUT2D eigenvalue weighted by Gasteiger charge is 1.86. The molecule has 0 aliphatic carbocycles. The SMILES string of the molecule is CC#CC#CCC(C)O. The van der Waals surface area contributed by atoms with Crippen LogP contribution < -0.4 is 0 Å². The minimum absolute atomic E-state index is 0.337. The quantitative estimate of drug-likeness (QED) is 0.510. The molecule has 0 aromatic heterocycles. The van der Waals surface area contributed by atoms with Gasteiger partial charge in [-0.25, -0.2) is 0 Å². The molecule has 0 saturated carbocycles. The summed E-state index contributed by atoms with van der Waals surface area (Å²) in [5, 5.41) is 8.70. The van der Waals surface area contributed by atoms with Crippen LogP contribution >= 0.6 is 0 Å². The van der Waals surface area contributed by atoms with Gasteiger partial charge in [0, 0.05) is 6.42 Å². The van der Waals surface area contributed by atoms with Crippen LogP contribution in [0.4, 0.5) is 0 Å². The summed E-state index contributed by atoms with van der Waals surface area (Å²) in [5.41, 5.74) is 0. The summed E-state index contributed by atoms with van der Waals surface area (Å²) in [7, 11) is 0. The molecular weight excluding hydrogens is 112 g/mol. The topological polar surface area (TPSA) is 20.2 Å². The van der Waals surface area contributed by atoms with E-state index in [1.165, 1.54) is 0 Å². The van der Waals surface area contributed by atoms with Gasteiger partial charge in [0.1, 0.15) is 0 Å². The fraction of sp³-hybridized carbons (Fsp3) is 0.500. The first kappa shape index (κ1) is 8.08. The van der Waals surface area contributed by atoms with Gasteiger partial charge in [-0.3, -0.25) is 0 Å². The van der Waals surface area contributed by atoms with E-state index in [9.17, 15) is 0 Å². The molecule has 1 N–H and O–H groups in total. The second-order valence-corrected chi connectivity index (χ2v) is 1.73. The number of aliphatic hydroxyl groups is 1. The Morgan fingerprint density at radius 2 is 2.11 bits per heavy atom. The van der Waals surface area contributed by atoms with Crippen molar-refractivity contribution in [2.45, 2.75) is 26.4 Å². The Hall–Kier alpha value is -0.920. The Balaban J connectivity index is 3.46. The second-order valence-electron chi connectivity index (χ2n) is 1.73. The van der Waals surface area contributed by atoms with Crippen LogP contribution in [0.3, 0.4) is 0 Å². The van der Waals surface area contributed by atoms with Crippen molar-refractivity contribution < 1.29 is 5.11 Å². The molecule has 0 aliphatic heterocycles. The zero-order valence-electron chi connectivity index (χ0n) is 5.73. The molecule has 0 heterocycles. The van der Waals surface area contributed by atoms with Crippen LogP contribution in [0.15, 0.2) is 0 Å². The average molecular weight is 122 g/mol. The van der Waals surface area contributed by atoms with Gasteiger partial charge in [0.15, 0.2) is 0 Å². The molecule has 0 aliphatic rings. The number of hydrogen-bond donors (Lipinski definition) is 1. The van der Waals surface area contributed by atoms with Crippen LogP contribution in [0.2, 0.25) is 0 Å². The van der Waals surface area contributed by atoms with Crippen molar-refractivity contribution in [1.82, 2.24) is 0 Å². The zero-order chi connectivity index (χ0) is 7.11. The lowest BCUT2D eigenvalue weighted by Gasteiger charge is -1.90. The minimum Gasteiger partial charge on any atom is -0.392 e. The van der Waals surface area contributed by atoms with Crippen molar-refractivity contribution in [3.05, 3.63) is 0 Å². The molecule has 0 radical (unpaired) electrons. The summed E-state index contributed by atoms with van der Waals surface area (Å²) in [5.74, 6) is 10.5. The van der Waals surface area contributed by atoms with Crippen LogP contribution in [0.25, 0.3) is 0 Å². The molecule has 0 spiro atoms. The molecule has 1 nitrogen and oxygen atoms in total. The van der Waals surface area contributed by atoms with Crippen molar-refractivity contribution >= 4 is 0 Å². The fourth-order valence-corrected chi connectivity index (χ4v) is 0.305. The van der Waals surface area contributed by atoms with E-state index in [-0.39, 0.29) is 6.10 Å². The standard InChI is InChI=1S/C8H10O/c1-3-4-5-6-7-8(2)9/h8-9H,7H2,1-2H3. The van der Waals surface area contributed by atoms with E-state index < -0.39 is 0 Å². The Labute approximate surface area is 56.1 Å². The molecule has 0 aromatic carbocycles. The van der Waals surface area contributed by atoms with E-state index in [1.54, 1.807) is 13.8 Å². The first-order chi connectivity index (χ1) is 4.27. The molecule has 1 atom stereocenters. The van der Waals surface area contributed by atoms with E-state index in [0.29, 0.717) is 6.42 Å². The third-order valence-electron chi connectivity index (χ3n) is 0.673. The molecule has 48 valence electrons. The van der Waals surface area contributed by atoms with Crippen LogP contribution in [-0.4, -0.2) is 11.2 Å². The normalized spacial score (nSPS) is 10.1. The highest BCUT2D eigenvalue weighted by atomic mass is 16.3. The van der Waals surface area contributed by atoms with Gasteiger partial charge in [0.2, 0.25) is 0 Å². The van der Waals surface area contributed by atoms with Crippen LogP contribution in [0.1, 0.15) is 20.3 Å². The number of hydrogen-bond acceptors (Lipinski definition) is 1. The van der Waals surface area contributed by atoms with Gasteiger partial charge in [0.05, 0.1) is 6.10 Å². The summed E-state index contributed by atoms with van der Waals surface area (Å²) in [6.45, 7) is 3.44. The van der Waals surface area contributed by atoms with Gasteiger partial charge in [-0.2, -0.15) is 0 Å². The van der Waals surface area contributed by atoms with Gasteiger partial charge >= 0.3 is 0 Å². The second kappa shape index (κ2) is 5.22. The molecule has 0 fully saturated rings. The van der Waals surface area contributed by atoms with E-state index in [2.05, 4.69) is 23.7 Å². The highest BCUT2D eigenvalue weighted by Crippen LogP contribution is 1.83. The van der Waals surface area contributed by atoms with Crippen LogP contribution in [0.5, 0.6) is 0 Å². The van der Waals surface area contributed by atoms with Crippen molar-refractivity contribution in [1.29, 1.82) is 0 Å². The van der Waals surface area contributed by atoms with E-state index in [0.717, 1.165) is 0 Å². The van der Waals surface area contributed by atoms with Crippen LogP contribution in [0, 0.1) is 23.7 Å². The zero-order valence-corrected chi connectivity index (χ0v) is 5.73. The molecule has 1 unspecified atom stereocenters. The molecule has 0 amide bonds. The van der Waals surface area contributed by atoms with E-state index >= 15 is 0 Å². The summed E-state index contributed by atoms with van der Waals surface area (Å²) in [4.78, 5) is 0. The lowest BCUT2D eigenvalue weighted by Crippen LogP contribution is -1.95. The molecule has 9 heavy (non-hydrogen) atoms. The fourth-order valence-electron chi connectivity index (χ4n) is 0.305. The molecule has 1 heteroatoms. The summed E-state index contributed by atoms with van der Waals surface area (Å²) < 4.78 is 0. The van der Waals surface area contributed by atoms with Crippen molar-refractivity contribution in [2.75, 3.05) is 0 Å². The monoisotopic (exact) mass is 122 g/mol. The molecule has 0 saturated heterocycles. The lowest BCUT2D eigenvalue weighted by atomic mass is 10.3. The number of aliphatic hydroxyl groups excluding tert-OH is 1. The Bertz CT molecular complexity index is 170. The third kappa shape index (κ3) is 7.08. The highest BCUT2D eigenvalue weighted by molar-refractivity contribution is 5.24. The summed E-state index contributed by atoms with van der Waals surface area (Å²) >= 11 is 0. The Morgan fingerprint density at radius 1 is 1.44 bits per heavy atom. The van der Waals surface area contributed by atoms with Crippen molar-refractivity contribution in [3.8, 4) is 23.7 Å². The molecule has 0 bridgehead atoms. The van der Waals surface area contributed by atoms with E-state index in [1.807, 2.05) is 0 Å². The maximum Gasteiger partial charge on any atom is 0.0621 e. The largest absolute Gasteiger partial charge is 0.392 e. The summed E-state index contributed by atoms with van der Waals surface area (Å²) in [6.07, 6.45) is 0.172. The van der Waals surface area contributed by atoms with Crippen molar-refractivity contribution in [3.63, 3.8) is 0 Å². The Kier molecular flexibility index (Phi) is 4.69. The van der Waals surface area contributed by atoms with Gasteiger partial charge in [-0.15, -0.1) is 0 Å². The van der Waals surface area contributed by atoms with Crippen molar-refractivity contribution in [2.24, 2.45) is 0 Å². The molecular formula is C8H10O. The predicted octanol–water partition coefficient (Wildman–Crippen LogP) is 0.784. The Morgan fingerprint density at radius 3 is 2.56 bits per heavy atom. The first-order valence-corrected chi connectivity index (χ1v) is 2.85. The van der Waals surface area contributed by atoms with Gasteiger partial charge in [0.25, 0.3) is 0 Å². The van der Waals surface area contributed by atoms with Crippen LogP contribution in [-0.2, 0) is 0 Å². The lowest BCUT2D eigenvalue weighted by molar-refractivity contribution is 0.201. The van der Waals surface area contributed by atoms with Gasteiger partial charge in [-0.05, 0) is 25.7 Å². The summed E-state index contributed by atoms with van der Waals surface area (Å²) in [6, 6.07) is 0. The maximum absolute atomic E-state index is 8.70. The third-order valence-corrected chi connectivity index (χ3v) is 0.673. The minimum atomic E-state index is -0.337. The van der Waals surface area contributed by atoms with Gasteiger partial charge in [-0.1, -0.05) is 11.8 Å². The average Bonchev–Trinajstić information content (AvgIpc) is 1.80. The predicted molar refractivity (Wildman–Crippen MR) is 37.5 cm³/mol.